The van der Waals surface area contributed by atoms with Crippen molar-refractivity contribution in [3.05, 3.63) is 53.6 Å². The van der Waals surface area contributed by atoms with Crippen molar-refractivity contribution < 1.29 is 23.4 Å². The number of hydrogen-bond donors (Lipinski definition) is 0. The van der Waals surface area contributed by atoms with Gasteiger partial charge in [-0.1, -0.05) is 6.07 Å². The van der Waals surface area contributed by atoms with Gasteiger partial charge in [0.05, 0.1) is 20.5 Å². The van der Waals surface area contributed by atoms with Crippen molar-refractivity contribution >= 4 is 17.9 Å². The van der Waals surface area contributed by atoms with E-state index in [0.29, 0.717) is 30.2 Å². The predicted octanol–water partition coefficient (Wildman–Crippen LogP) is 3.23. The Hall–Kier alpha value is -3.02. The summed E-state index contributed by atoms with van der Waals surface area (Å²) in [4.78, 5) is 16.2. The molecule has 1 aliphatic rings. The van der Waals surface area contributed by atoms with Crippen molar-refractivity contribution in [2.24, 2.45) is 4.99 Å². The van der Waals surface area contributed by atoms with E-state index in [-0.39, 0.29) is 5.70 Å². The fourth-order valence-corrected chi connectivity index (χ4v) is 2.35. The van der Waals surface area contributed by atoms with Gasteiger partial charge < -0.3 is 18.6 Å². The molecule has 0 amide bonds. The van der Waals surface area contributed by atoms with Crippen molar-refractivity contribution in [1.82, 2.24) is 0 Å². The lowest BCUT2D eigenvalue weighted by Gasteiger charge is -2.07. The first kappa shape index (κ1) is 15.9. The summed E-state index contributed by atoms with van der Waals surface area (Å²) >= 11 is 0. The summed E-state index contributed by atoms with van der Waals surface area (Å²) in [5.74, 6) is 1.96. The van der Waals surface area contributed by atoms with E-state index in [0.717, 1.165) is 11.3 Å². The van der Waals surface area contributed by atoms with Crippen LogP contribution >= 0.6 is 0 Å². The molecular weight excluding hydrogens is 310 g/mol. The minimum atomic E-state index is -0.459. The van der Waals surface area contributed by atoms with E-state index in [1.807, 2.05) is 18.2 Å². The molecule has 0 atom stereocenters. The molecule has 0 bridgehead atoms. The molecule has 6 heteroatoms. The zero-order valence-electron chi connectivity index (χ0n) is 13.4. The second-order valence-corrected chi connectivity index (χ2v) is 5.12. The average molecular weight is 327 g/mol. The number of aliphatic imine (C=N–C) groups is 1. The number of rotatable bonds is 6. The second kappa shape index (κ2) is 7.04. The summed E-state index contributed by atoms with van der Waals surface area (Å²) < 4.78 is 20.9. The highest BCUT2D eigenvalue weighted by Crippen LogP contribution is 2.29. The Labute approximate surface area is 139 Å². The fourth-order valence-electron chi connectivity index (χ4n) is 2.35. The van der Waals surface area contributed by atoms with E-state index in [9.17, 15) is 4.79 Å². The zero-order valence-corrected chi connectivity index (χ0v) is 13.4. The molecule has 2 aromatic rings. The zero-order chi connectivity index (χ0) is 16.9. The summed E-state index contributed by atoms with van der Waals surface area (Å²) in [5.41, 5.74) is 1.03. The number of carbonyl (C=O) groups is 1. The predicted molar refractivity (Wildman–Crippen MR) is 88.1 cm³/mol. The number of benzene rings is 1. The molecule has 2 heterocycles. The van der Waals surface area contributed by atoms with Gasteiger partial charge in [-0.25, -0.2) is 9.79 Å². The first-order valence-corrected chi connectivity index (χ1v) is 7.45. The van der Waals surface area contributed by atoms with Gasteiger partial charge in [0.2, 0.25) is 0 Å². The van der Waals surface area contributed by atoms with E-state index in [1.54, 1.807) is 38.7 Å². The third-order valence-electron chi connectivity index (χ3n) is 3.54. The Morgan fingerprint density at radius 3 is 2.67 bits per heavy atom. The van der Waals surface area contributed by atoms with Crippen LogP contribution in [0.5, 0.6) is 11.5 Å². The maximum Gasteiger partial charge on any atom is 0.363 e. The number of hydrogen-bond acceptors (Lipinski definition) is 6. The Morgan fingerprint density at radius 1 is 1.12 bits per heavy atom. The molecule has 0 radical (unpaired) electrons. The molecule has 0 saturated carbocycles. The fraction of sp³-hybridized carbons (Fsp3) is 0.222. The number of furan rings is 1. The normalized spacial score (nSPS) is 15.3. The van der Waals surface area contributed by atoms with Crippen LogP contribution in [-0.4, -0.2) is 26.1 Å². The molecule has 0 spiro atoms. The number of esters is 1. The Kier molecular flexibility index (Phi) is 4.65. The first-order valence-electron chi connectivity index (χ1n) is 7.45. The van der Waals surface area contributed by atoms with Crippen molar-refractivity contribution in [2.45, 2.75) is 12.8 Å². The van der Waals surface area contributed by atoms with E-state index < -0.39 is 5.97 Å². The second-order valence-electron chi connectivity index (χ2n) is 5.12. The molecule has 6 nitrogen and oxygen atoms in total. The minimum absolute atomic E-state index is 0.261. The molecule has 1 aromatic heterocycles. The lowest BCUT2D eigenvalue weighted by Crippen LogP contribution is -2.04. The van der Waals surface area contributed by atoms with E-state index in [4.69, 9.17) is 18.6 Å². The molecule has 0 unspecified atom stereocenters. The first-order chi connectivity index (χ1) is 11.7. The Bertz CT molecular complexity index is 790. The molecule has 124 valence electrons. The minimum Gasteiger partial charge on any atom is -0.493 e. The topological polar surface area (TPSA) is 70.3 Å². The third kappa shape index (κ3) is 3.48. The van der Waals surface area contributed by atoms with E-state index in [2.05, 4.69) is 4.99 Å². The number of aryl methyl sites for hydroxylation is 1. The molecule has 1 aromatic carbocycles. The lowest BCUT2D eigenvalue weighted by molar-refractivity contribution is -0.130. The quantitative estimate of drug-likeness (QED) is 0.602. The molecule has 0 N–H and O–H groups in total. The SMILES string of the molecule is COc1ccc(/C=C2/N=C(CCc3ccco3)OC2=O)cc1OC. The van der Waals surface area contributed by atoms with Crippen LogP contribution in [0.25, 0.3) is 6.08 Å². The monoisotopic (exact) mass is 327 g/mol. The van der Waals surface area contributed by atoms with E-state index in [1.165, 1.54) is 0 Å². The summed E-state index contributed by atoms with van der Waals surface area (Å²) in [6.07, 6.45) is 4.40. The highest BCUT2D eigenvalue weighted by Gasteiger charge is 2.23. The average Bonchev–Trinajstić information content (AvgIpc) is 3.23. The Balaban J connectivity index is 1.75. The Morgan fingerprint density at radius 2 is 1.96 bits per heavy atom. The molecule has 24 heavy (non-hydrogen) atoms. The molecule has 0 saturated heterocycles. The molecule has 1 aliphatic heterocycles. The lowest BCUT2D eigenvalue weighted by atomic mass is 10.1. The van der Waals surface area contributed by atoms with Gasteiger partial charge in [0.25, 0.3) is 0 Å². The summed E-state index contributed by atoms with van der Waals surface area (Å²) in [7, 11) is 3.13. The molecular formula is C18H17NO5. The number of methoxy groups -OCH3 is 2. The molecule has 0 fully saturated rings. The smallest absolute Gasteiger partial charge is 0.363 e. The highest BCUT2D eigenvalue weighted by molar-refractivity contribution is 6.07. The van der Waals surface area contributed by atoms with Gasteiger partial charge in [0, 0.05) is 12.8 Å². The number of carbonyl (C=O) groups excluding carboxylic acids is 1. The maximum atomic E-state index is 11.9. The van der Waals surface area contributed by atoms with Crippen LogP contribution in [0.2, 0.25) is 0 Å². The van der Waals surface area contributed by atoms with Gasteiger partial charge in [-0.15, -0.1) is 0 Å². The van der Waals surface area contributed by atoms with Crippen LogP contribution in [0.4, 0.5) is 0 Å². The molecule has 3 rings (SSSR count). The van der Waals surface area contributed by atoms with Crippen LogP contribution in [-0.2, 0) is 16.0 Å². The number of ether oxygens (including phenoxy) is 3. The number of nitrogens with zero attached hydrogens (tertiary/aromatic N) is 1. The van der Waals surface area contributed by atoms with Crippen LogP contribution in [0, 0.1) is 0 Å². The maximum absolute atomic E-state index is 11.9. The number of cyclic esters (lactones) is 1. The van der Waals surface area contributed by atoms with E-state index >= 15 is 0 Å². The highest BCUT2D eigenvalue weighted by atomic mass is 16.6. The third-order valence-corrected chi connectivity index (χ3v) is 3.54. The largest absolute Gasteiger partial charge is 0.493 e. The van der Waals surface area contributed by atoms with Crippen LogP contribution < -0.4 is 9.47 Å². The molecule has 0 aliphatic carbocycles. The van der Waals surface area contributed by atoms with Crippen LogP contribution in [0.15, 0.2) is 51.7 Å². The van der Waals surface area contributed by atoms with Gasteiger partial charge in [0.1, 0.15) is 5.76 Å². The van der Waals surface area contributed by atoms with Gasteiger partial charge in [0.15, 0.2) is 23.1 Å². The standard InChI is InChI=1S/C18H17NO5/c1-21-15-7-5-12(11-16(15)22-2)10-14-18(20)24-17(19-14)8-6-13-4-3-9-23-13/h3-5,7,9-11H,6,8H2,1-2H3/b14-10+. The van der Waals surface area contributed by atoms with Crippen LogP contribution in [0.3, 0.4) is 0 Å². The van der Waals surface area contributed by atoms with Crippen LogP contribution in [0.1, 0.15) is 17.7 Å². The van der Waals surface area contributed by atoms with Crippen molar-refractivity contribution in [1.29, 1.82) is 0 Å². The van der Waals surface area contributed by atoms with Crippen molar-refractivity contribution in [2.75, 3.05) is 14.2 Å². The summed E-state index contributed by atoms with van der Waals surface area (Å²) in [6, 6.07) is 9.05. The van der Waals surface area contributed by atoms with Gasteiger partial charge in [-0.3, -0.25) is 0 Å². The van der Waals surface area contributed by atoms with Gasteiger partial charge in [-0.05, 0) is 35.9 Å². The summed E-state index contributed by atoms with van der Waals surface area (Å²) in [6.45, 7) is 0. The van der Waals surface area contributed by atoms with Crippen molar-refractivity contribution in [3.8, 4) is 11.5 Å². The summed E-state index contributed by atoms with van der Waals surface area (Å²) in [5, 5.41) is 0. The van der Waals surface area contributed by atoms with Crippen molar-refractivity contribution in [3.63, 3.8) is 0 Å². The van der Waals surface area contributed by atoms with Gasteiger partial charge in [-0.2, -0.15) is 0 Å². The van der Waals surface area contributed by atoms with Gasteiger partial charge >= 0.3 is 5.97 Å².